The summed E-state index contributed by atoms with van der Waals surface area (Å²) >= 11 is 0. The SMILES string of the molecule is O[C@@H]1[C@@H](OCc2ccccc2)[C@H](O[C@@H]2O[C@H](COCc3ccccc3)[C@H](OCc3ccccc3)[C@H](OCc3ccccc3)[C@H]2OCc2ccccc2)[C@@H](COCc2ccccc2)O[C@H]1O. The van der Waals surface area contributed by atoms with E-state index in [2.05, 4.69) is 0 Å². The molecule has 2 N–H and O–H groups in total. The van der Waals surface area contributed by atoms with Crippen molar-refractivity contribution in [3.8, 4) is 0 Å². The molecule has 10 atom stereocenters. The molecule has 0 aromatic heterocycles. The van der Waals surface area contributed by atoms with Crippen LogP contribution in [-0.4, -0.2) is 84.8 Å². The van der Waals surface area contributed by atoms with Gasteiger partial charge in [-0.25, -0.2) is 0 Å². The summed E-state index contributed by atoms with van der Waals surface area (Å²) in [5.41, 5.74) is 5.70. The fourth-order valence-electron chi connectivity index (χ4n) is 8.04. The van der Waals surface area contributed by atoms with Crippen molar-refractivity contribution in [2.24, 2.45) is 0 Å². The third-order valence-corrected chi connectivity index (χ3v) is 11.4. The Kier molecular flexibility index (Phi) is 17.4. The average molecular weight is 883 g/mol. The lowest BCUT2D eigenvalue weighted by molar-refractivity contribution is -0.371. The van der Waals surface area contributed by atoms with Gasteiger partial charge in [-0.1, -0.05) is 182 Å². The molecule has 340 valence electrons. The minimum Gasteiger partial charge on any atom is -0.385 e. The van der Waals surface area contributed by atoms with Crippen LogP contribution >= 0.6 is 0 Å². The van der Waals surface area contributed by atoms with Gasteiger partial charge in [0.1, 0.15) is 48.8 Å². The molecular formula is C54H58O11. The lowest BCUT2D eigenvalue weighted by Crippen LogP contribution is -2.66. The monoisotopic (exact) mass is 882 g/mol. The Hall–Kier alpha value is -5.12. The van der Waals surface area contributed by atoms with Crippen LogP contribution in [0.1, 0.15) is 33.4 Å². The van der Waals surface area contributed by atoms with Crippen LogP contribution in [0.3, 0.4) is 0 Å². The fraction of sp³-hybridized carbons (Fsp3) is 0.333. The van der Waals surface area contributed by atoms with E-state index in [1.807, 2.05) is 182 Å². The number of hydrogen-bond donors (Lipinski definition) is 2. The molecule has 2 fully saturated rings. The van der Waals surface area contributed by atoms with Gasteiger partial charge in [-0.2, -0.15) is 0 Å². The zero-order chi connectivity index (χ0) is 44.5. The first-order valence-corrected chi connectivity index (χ1v) is 22.3. The maximum atomic E-state index is 11.7. The van der Waals surface area contributed by atoms with E-state index in [1.165, 1.54) is 0 Å². The summed E-state index contributed by atoms with van der Waals surface area (Å²) in [5.74, 6) is 0. The molecule has 0 aliphatic carbocycles. The Morgan fingerprint density at radius 3 is 1.06 bits per heavy atom. The Balaban J connectivity index is 1.15. The molecule has 65 heavy (non-hydrogen) atoms. The minimum atomic E-state index is -1.59. The normalized spacial score (nSPS) is 25.6. The van der Waals surface area contributed by atoms with Crippen LogP contribution < -0.4 is 0 Å². The van der Waals surface area contributed by atoms with Crippen molar-refractivity contribution in [3.05, 3.63) is 215 Å². The van der Waals surface area contributed by atoms with E-state index in [9.17, 15) is 10.2 Å². The van der Waals surface area contributed by atoms with Crippen LogP contribution in [0.2, 0.25) is 0 Å². The molecular weight excluding hydrogens is 825 g/mol. The van der Waals surface area contributed by atoms with E-state index in [0.717, 1.165) is 33.4 Å². The summed E-state index contributed by atoms with van der Waals surface area (Å²) in [7, 11) is 0. The van der Waals surface area contributed by atoms with Crippen molar-refractivity contribution in [1.82, 2.24) is 0 Å². The second-order valence-corrected chi connectivity index (χ2v) is 16.2. The summed E-state index contributed by atoms with van der Waals surface area (Å²) in [6.07, 6.45) is -10.4. The molecule has 11 nitrogen and oxygen atoms in total. The van der Waals surface area contributed by atoms with Crippen LogP contribution in [0.15, 0.2) is 182 Å². The third kappa shape index (κ3) is 13.5. The predicted molar refractivity (Wildman–Crippen MR) is 243 cm³/mol. The van der Waals surface area contributed by atoms with Gasteiger partial charge in [0, 0.05) is 0 Å². The second-order valence-electron chi connectivity index (χ2n) is 16.2. The molecule has 2 heterocycles. The molecule has 0 spiro atoms. The van der Waals surface area contributed by atoms with E-state index in [1.54, 1.807) is 0 Å². The lowest BCUT2D eigenvalue weighted by Gasteiger charge is -2.49. The first kappa shape index (κ1) is 46.4. The van der Waals surface area contributed by atoms with Crippen LogP contribution in [-0.2, 0) is 82.3 Å². The Morgan fingerprint density at radius 1 is 0.338 bits per heavy atom. The maximum absolute atomic E-state index is 11.7. The molecule has 2 saturated heterocycles. The largest absolute Gasteiger partial charge is 0.385 e. The highest BCUT2D eigenvalue weighted by Crippen LogP contribution is 2.35. The van der Waals surface area contributed by atoms with Gasteiger partial charge >= 0.3 is 0 Å². The first-order valence-electron chi connectivity index (χ1n) is 22.3. The summed E-state index contributed by atoms with van der Waals surface area (Å²) in [4.78, 5) is 0. The number of benzene rings is 6. The predicted octanol–water partition coefficient (Wildman–Crippen LogP) is 7.95. The molecule has 0 saturated carbocycles. The van der Waals surface area contributed by atoms with Gasteiger partial charge in [-0.05, 0) is 33.4 Å². The van der Waals surface area contributed by atoms with Crippen molar-refractivity contribution in [2.75, 3.05) is 13.2 Å². The van der Waals surface area contributed by atoms with E-state index >= 15 is 0 Å². The Labute approximate surface area is 381 Å². The molecule has 2 aliphatic heterocycles. The van der Waals surface area contributed by atoms with Crippen molar-refractivity contribution < 1.29 is 52.8 Å². The standard InChI is InChI=1S/C54H58O11/c55-47-50(60-34-42-25-13-4-14-26-42)49(46(63-53(47)56)38-58-32-40-21-9-2-10-22-40)65-54-52(62-36-44-29-17-6-18-30-44)51(61-35-43-27-15-5-16-28-43)48(59-33-41-23-11-3-12-24-41)45(64-54)37-57-31-39-19-7-1-8-20-39/h1-30,45-56H,31-38H2/t45-,46-,47-,48+,49-,50-,51+,52-,53-,54+/m1/s1. The number of hydrogen-bond acceptors (Lipinski definition) is 11. The van der Waals surface area contributed by atoms with Crippen LogP contribution in [0.5, 0.6) is 0 Å². The molecule has 0 radical (unpaired) electrons. The summed E-state index contributed by atoms with van der Waals surface area (Å²) in [6.45, 7) is 1.55. The van der Waals surface area contributed by atoms with Crippen molar-refractivity contribution >= 4 is 0 Å². The molecule has 0 unspecified atom stereocenters. The third-order valence-electron chi connectivity index (χ3n) is 11.4. The quantitative estimate of drug-likeness (QED) is 0.0691. The van der Waals surface area contributed by atoms with E-state index < -0.39 is 61.4 Å². The van der Waals surface area contributed by atoms with Crippen molar-refractivity contribution in [3.63, 3.8) is 0 Å². The number of aliphatic hydroxyl groups excluding tert-OH is 2. The van der Waals surface area contributed by atoms with Gasteiger partial charge in [-0.15, -0.1) is 0 Å². The van der Waals surface area contributed by atoms with Crippen molar-refractivity contribution in [1.29, 1.82) is 0 Å². The van der Waals surface area contributed by atoms with E-state index in [0.29, 0.717) is 6.61 Å². The lowest BCUT2D eigenvalue weighted by atomic mass is 9.96. The Bertz CT molecular complexity index is 2210. The molecule has 8 rings (SSSR count). The highest BCUT2D eigenvalue weighted by atomic mass is 16.7. The highest BCUT2D eigenvalue weighted by Gasteiger charge is 2.53. The van der Waals surface area contributed by atoms with Gasteiger partial charge < -0.3 is 52.8 Å². The summed E-state index contributed by atoms with van der Waals surface area (Å²) in [5, 5.41) is 22.8. The number of aliphatic hydroxyl groups is 2. The highest BCUT2D eigenvalue weighted by molar-refractivity contribution is 5.18. The summed E-state index contributed by atoms with van der Waals surface area (Å²) < 4.78 is 60.1. The van der Waals surface area contributed by atoms with Crippen LogP contribution in [0.4, 0.5) is 0 Å². The summed E-state index contributed by atoms with van der Waals surface area (Å²) in [6, 6.07) is 59.0. The second kappa shape index (κ2) is 24.4. The molecule has 6 aromatic carbocycles. The fourth-order valence-corrected chi connectivity index (χ4v) is 8.04. The minimum absolute atomic E-state index is 0.00282. The van der Waals surface area contributed by atoms with E-state index in [4.69, 9.17) is 42.6 Å². The molecule has 6 aromatic rings. The average Bonchev–Trinajstić information content (AvgIpc) is 3.35. The molecule has 0 bridgehead atoms. The number of ether oxygens (including phenoxy) is 9. The molecule has 2 aliphatic rings. The van der Waals surface area contributed by atoms with Crippen molar-refractivity contribution in [2.45, 2.75) is 101 Å². The zero-order valence-corrected chi connectivity index (χ0v) is 36.3. The van der Waals surface area contributed by atoms with E-state index in [-0.39, 0.29) is 46.2 Å². The molecule has 11 heteroatoms. The zero-order valence-electron chi connectivity index (χ0n) is 36.3. The van der Waals surface area contributed by atoms with Gasteiger partial charge in [0.25, 0.3) is 0 Å². The van der Waals surface area contributed by atoms with Gasteiger partial charge in [-0.3, -0.25) is 0 Å². The topological polar surface area (TPSA) is 124 Å². The van der Waals surface area contributed by atoms with Crippen LogP contribution in [0.25, 0.3) is 0 Å². The smallest absolute Gasteiger partial charge is 0.187 e. The van der Waals surface area contributed by atoms with Gasteiger partial charge in [0.15, 0.2) is 12.6 Å². The van der Waals surface area contributed by atoms with Gasteiger partial charge in [0.2, 0.25) is 0 Å². The number of rotatable bonds is 22. The Morgan fingerprint density at radius 2 is 0.662 bits per heavy atom. The molecule has 0 amide bonds. The van der Waals surface area contributed by atoms with Crippen LogP contribution in [0, 0.1) is 0 Å². The maximum Gasteiger partial charge on any atom is 0.187 e. The van der Waals surface area contributed by atoms with Gasteiger partial charge in [0.05, 0.1) is 52.9 Å². The first-order chi connectivity index (χ1) is 32.1.